The van der Waals surface area contributed by atoms with Gasteiger partial charge in [-0.05, 0) is 18.2 Å². The van der Waals surface area contributed by atoms with E-state index in [9.17, 15) is 0 Å². The average molecular weight is 307 g/mol. The van der Waals surface area contributed by atoms with E-state index in [1.165, 1.54) is 0 Å². The van der Waals surface area contributed by atoms with E-state index in [1.807, 2.05) is 30.3 Å². The molecule has 1 heterocycles. The van der Waals surface area contributed by atoms with Gasteiger partial charge >= 0.3 is 0 Å². The highest BCUT2D eigenvalue weighted by atomic mass is 79.9. The third kappa shape index (κ3) is 1.88. The first-order valence-electron chi connectivity index (χ1n) is 5.28. The first-order chi connectivity index (χ1) is 8.25. The van der Waals surface area contributed by atoms with E-state index in [4.69, 9.17) is 11.6 Å². The zero-order chi connectivity index (χ0) is 11.8. The van der Waals surface area contributed by atoms with Crippen LogP contribution in [-0.2, 0) is 0 Å². The first-order valence-corrected chi connectivity index (χ1v) is 6.45. The Labute approximate surface area is 113 Å². The summed E-state index contributed by atoms with van der Waals surface area (Å²) in [6, 6.07) is 16.1. The predicted molar refractivity (Wildman–Crippen MR) is 76.4 cm³/mol. The van der Waals surface area contributed by atoms with E-state index >= 15 is 0 Å². The number of fused-ring (bicyclic) bond motifs is 1. The predicted octanol–water partition coefficient (Wildman–Crippen LogP) is 5.25. The molecule has 1 aromatic heterocycles. The molecule has 0 spiro atoms. The Kier molecular flexibility index (Phi) is 2.69. The molecular weight excluding hydrogens is 298 g/mol. The SMILES string of the molecule is Clc1cccc2cc(-c3ccccc3Br)[nH]c12. The number of aromatic nitrogens is 1. The van der Waals surface area contributed by atoms with Crippen LogP contribution in [-0.4, -0.2) is 4.98 Å². The molecule has 0 aliphatic carbocycles. The maximum absolute atomic E-state index is 6.15. The second kappa shape index (κ2) is 4.21. The molecule has 0 aliphatic heterocycles. The molecule has 0 saturated heterocycles. The Morgan fingerprint density at radius 3 is 2.59 bits per heavy atom. The summed E-state index contributed by atoms with van der Waals surface area (Å²) in [6.45, 7) is 0. The molecule has 1 N–H and O–H groups in total. The minimum Gasteiger partial charge on any atom is -0.353 e. The maximum Gasteiger partial charge on any atom is 0.0648 e. The first kappa shape index (κ1) is 10.9. The van der Waals surface area contributed by atoms with Crippen LogP contribution in [0.4, 0.5) is 0 Å². The monoisotopic (exact) mass is 305 g/mol. The second-order valence-corrected chi connectivity index (χ2v) is 5.13. The topological polar surface area (TPSA) is 15.8 Å². The molecule has 0 saturated carbocycles. The van der Waals surface area contributed by atoms with Crippen molar-refractivity contribution >= 4 is 38.4 Å². The largest absolute Gasteiger partial charge is 0.353 e. The van der Waals surface area contributed by atoms with Gasteiger partial charge in [0.2, 0.25) is 0 Å². The standard InChI is InChI=1S/C14H9BrClN/c15-11-6-2-1-5-10(11)13-8-9-4-3-7-12(16)14(9)17-13/h1-8,17H. The smallest absolute Gasteiger partial charge is 0.0648 e. The molecule has 0 fully saturated rings. The molecule has 84 valence electrons. The van der Waals surface area contributed by atoms with E-state index in [1.54, 1.807) is 0 Å². The quantitative estimate of drug-likeness (QED) is 0.632. The number of hydrogen-bond donors (Lipinski definition) is 1. The van der Waals surface area contributed by atoms with Gasteiger partial charge in [-0.3, -0.25) is 0 Å². The van der Waals surface area contributed by atoms with Crippen LogP contribution in [0.5, 0.6) is 0 Å². The van der Waals surface area contributed by atoms with Crippen LogP contribution in [0, 0.1) is 0 Å². The third-order valence-corrected chi connectivity index (χ3v) is 3.78. The number of hydrogen-bond acceptors (Lipinski definition) is 0. The van der Waals surface area contributed by atoms with E-state index in [0.29, 0.717) is 0 Å². The van der Waals surface area contributed by atoms with Crippen LogP contribution in [0.1, 0.15) is 0 Å². The Bertz CT molecular complexity index is 688. The van der Waals surface area contributed by atoms with Crippen molar-refractivity contribution in [3.8, 4) is 11.3 Å². The molecule has 2 aromatic carbocycles. The number of benzene rings is 2. The Hall–Kier alpha value is -1.25. The maximum atomic E-state index is 6.15. The van der Waals surface area contributed by atoms with Crippen molar-refractivity contribution in [2.75, 3.05) is 0 Å². The summed E-state index contributed by atoms with van der Waals surface area (Å²) < 4.78 is 1.07. The van der Waals surface area contributed by atoms with Crippen molar-refractivity contribution in [1.29, 1.82) is 0 Å². The highest BCUT2D eigenvalue weighted by Gasteiger charge is 2.07. The van der Waals surface area contributed by atoms with Crippen LogP contribution >= 0.6 is 27.5 Å². The van der Waals surface area contributed by atoms with Crippen LogP contribution < -0.4 is 0 Å². The molecule has 0 atom stereocenters. The van der Waals surface area contributed by atoms with Crippen molar-refractivity contribution in [2.45, 2.75) is 0 Å². The van der Waals surface area contributed by atoms with E-state index in [0.717, 1.165) is 31.7 Å². The molecule has 0 unspecified atom stereocenters. The molecule has 0 amide bonds. The number of para-hydroxylation sites is 1. The van der Waals surface area contributed by atoms with Crippen molar-refractivity contribution in [3.05, 3.63) is 58.0 Å². The average Bonchev–Trinajstić information content (AvgIpc) is 2.75. The second-order valence-electron chi connectivity index (χ2n) is 3.87. The Morgan fingerprint density at radius 1 is 1.00 bits per heavy atom. The van der Waals surface area contributed by atoms with Gasteiger partial charge < -0.3 is 4.98 Å². The Morgan fingerprint density at radius 2 is 1.82 bits per heavy atom. The van der Waals surface area contributed by atoms with E-state index in [-0.39, 0.29) is 0 Å². The van der Waals surface area contributed by atoms with Crippen LogP contribution in [0.25, 0.3) is 22.2 Å². The number of rotatable bonds is 1. The normalized spacial score (nSPS) is 10.9. The van der Waals surface area contributed by atoms with Crippen LogP contribution in [0.3, 0.4) is 0 Å². The molecule has 1 nitrogen and oxygen atoms in total. The van der Waals surface area contributed by atoms with Gasteiger partial charge in [-0.1, -0.05) is 57.9 Å². The van der Waals surface area contributed by atoms with Gasteiger partial charge in [0.25, 0.3) is 0 Å². The number of aromatic amines is 1. The highest BCUT2D eigenvalue weighted by Crippen LogP contribution is 2.32. The van der Waals surface area contributed by atoms with Gasteiger partial charge in [0.05, 0.1) is 10.5 Å². The zero-order valence-electron chi connectivity index (χ0n) is 8.87. The zero-order valence-corrected chi connectivity index (χ0v) is 11.2. The summed E-state index contributed by atoms with van der Waals surface area (Å²) in [5, 5.41) is 1.88. The van der Waals surface area contributed by atoms with Crippen LogP contribution in [0.15, 0.2) is 53.0 Å². The van der Waals surface area contributed by atoms with Gasteiger partial charge in [-0.2, -0.15) is 0 Å². The van der Waals surface area contributed by atoms with Crippen molar-refractivity contribution in [2.24, 2.45) is 0 Å². The number of nitrogens with one attached hydrogen (secondary N) is 1. The van der Waals surface area contributed by atoms with Crippen molar-refractivity contribution in [1.82, 2.24) is 4.98 Å². The van der Waals surface area contributed by atoms with Gasteiger partial charge in [-0.25, -0.2) is 0 Å². The molecule has 0 radical (unpaired) electrons. The van der Waals surface area contributed by atoms with E-state index in [2.05, 4.69) is 39.1 Å². The lowest BCUT2D eigenvalue weighted by molar-refractivity contribution is 1.44. The lowest BCUT2D eigenvalue weighted by atomic mass is 10.1. The molecule has 3 aromatic rings. The lowest BCUT2D eigenvalue weighted by Crippen LogP contribution is -1.78. The molecule has 3 rings (SSSR count). The summed E-state index contributed by atoms with van der Waals surface area (Å²) in [5.41, 5.74) is 3.19. The molecular formula is C14H9BrClN. The number of halogens is 2. The fourth-order valence-corrected chi connectivity index (χ4v) is 2.67. The summed E-state index contributed by atoms with van der Waals surface area (Å²) in [4.78, 5) is 3.36. The molecule has 3 heteroatoms. The van der Waals surface area contributed by atoms with Crippen molar-refractivity contribution < 1.29 is 0 Å². The van der Waals surface area contributed by atoms with Gasteiger partial charge in [0, 0.05) is 21.1 Å². The van der Waals surface area contributed by atoms with Gasteiger partial charge in [-0.15, -0.1) is 0 Å². The van der Waals surface area contributed by atoms with Crippen LogP contribution in [0.2, 0.25) is 5.02 Å². The number of H-pyrrole nitrogens is 1. The highest BCUT2D eigenvalue weighted by molar-refractivity contribution is 9.10. The fraction of sp³-hybridized carbons (Fsp3) is 0. The molecule has 0 bridgehead atoms. The third-order valence-electron chi connectivity index (χ3n) is 2.77. The van der Waals surface area contributed by atoms with E-state index < -0.39 is 0 Å². The minimum absolute atomic E-state index is 0.751. The van der Waals surface area contributed by atoms with Crippen molar-refractivity contribution in [3.63, 3.8) is 0 Å². The summed E-state index contributed by atoms with van der Waals surface area (Å²) in [5.74, 6) is 0. The minimum atomic E-state index is 0.751. The Balaban J connectivity index is 2.26. The summed E-state index contributed by atoms with van der Waals surface area (Å²) >= 11 is 9.71. The lowest BCUT2D eigenvalue weighted by Gasteiger charge is -2.00. The summed E-state index contributed by atoms with van der Waals surface area (Å²) in [6.07, 6.45) is 0. The summed E-state index contributed by atoms with van der Waals surface area (Å²) in [7, 11) is 0. The molecule has 0 aliphatic rings. The molecule has 17 heavy (non-hydrogen) atoms. The van der Waals surface area contributed by atoms with Gasteiger partial charge in [0.1, 0.15) is 0 Å². The van der Waals surface area contributed by atoms with Gasteiger partial charge in [0.15, 0.2) is 0 Å². The fourth-order valence-electron chi connectivity index (χ4n) is 1.94.